The topological polar surface area (TPSA) is 108 Å². The molecule has 0 aliphatic carbocycles. The molecule has 148 valence electrons. The number of hydrogen-bond donors (Lipinski definition) is 2. The Morgan fingerprint density at radius 1 is 1.36 bits per heavy atom. The number of amidine groups is 1. The van der Waals surface area contributed by atoms with Gasteiger partial charge in [-0.2, -0.15) is 4.99 Å². The number of carbonyl (C=O) groups is 1. The van der Waals surface area contributed by atoms with E-state index in [0.717, 1.165) is 0 Å². The molecule has 1 aliphatic heterocycles. The summed E-state index contributed by atoms with van der Waals surface area (Å²) in [4.78, 5) is 20.3. The summed E-state index contributed by atoms with van der Waals surface area (Å²) in [7, 11) is 1.51. The minimum Gasteiger partial charge on any atom is -0.495 e. The van der Waals surface area contributed by atoms with Gasteiger partial charge in [-0.15, -0.1) is 0 Å². The van der Waals surface area contributed by atoms with Gasteiger partial charge in [0.2, 0.25) is 0 Å². The first-order valence-corrected chi connectivity index (χ1v) is 8.65. The lowest BCUT2D eigenvalue weighted by Crippen LogP contribution is -2.28. The Kier molecular flexibility index (Phi) is 6.05. The van der Waals surface area contributed by atoms with Crippen LogP contribution in [0.5, 0.6) is 5.75 Å². The van der Waals surface area contributed by atoms with Crippen LogP contribution in [0.4, 0.5) is 15.8 Å². The number of rotatable bonds is 5. The van der Waals surface area contributed by atoms with E-state index >= 15 is 0 Å². The Morgan fingerprint density at radius 3 is 2.82 bits per heavy atom. The fraction of sp³-hybridized carbons (Fsp3) is 0.316. The molecule has 2 heterocycles. The predicted octanol–water partition coefficient (Wildman–Crippen LogP) is 2.48. The van der Waals surface area contributed by atoms with Crippen molar-refractivity contribution in [3.05, 3.63) is 48.0 Å². The number of aromatic nitrogens is 1. The number of nitrogens with zero attached hydrogens (tertiary/aromatic N) is 2. The highest BCUT2D eigenvalue weighted by atomic mass is 19.1. The first-order chi connectivity index (χ1) is 13.5. The summed E-state index contributed by atoms with van der Waals surface area (Å²) >= 11 is 0. The van der Waals surface area contributed by atoms with Crippen LogP contribution in [0.3, 0.4) is 0 Å². The van der Waals surface area contributed by atoms with E-state index < -0.39 is 11.7 Å². The molecule has 1 amide bonds. The van der Waals surface area contributed by atoms with E-state index in [-0.39, 0.29) is 29.4 Å². The molecular formula is C19H21FN4O4. The molecule has 0 radical (unpaired) electrons. The van der Waals surface area contributed by atoms with Gasteiger partial charge in [-0.25, -0.2) is 9.37 Å². The Hall–Kier alpha value is -3.20. The summed E-state index contributed by atoms with van der Waals surface area (Å²) in [6.45, 7) is 2.95. The maximum atomic E-state index is 14.1. The maximum Gasteiger partial charge on any atom is 0.287 e. The van der Waals surface area contributed by atoms with Gasteiger partial charge < -0.3 is 25.3 Å². The van der Waals surface area contributed by atoms with Gasteiger partial charge in [-0.05, 0) is 30.3 Å². The summed E-state index contributed by atoms with van der Waals surface area (Å²) in [5.41, 5.74) is 6.26. The van der Waals surface area contributed by atoms with Gasteiger partial charge in [0.1, 0.15) is 29.1 Å². The first-order valence-electron chi connectivity index (χ1n) is 8.65. The molecule has 1 saturated heterocycles. The van der Waals surface area contributed by atoms with E-state index in [2.05, 4.69) is 15.3 Å². The number of carbonyl (C=O) groups excluding carboxylic acids is 1. The van der Waals surface area contributed by atoms with Gasteiger partial charge in [0.05, 0.1) is 26.5 Å². The number of hydrogen-bond acceptors (Lipinski definition) is 6. The highest BCUT2D eigenvalue weighted by molar-refractivity contribution is 6.03. The number of anilines is 1. The van der Waals surface area contributed by atoms with Crippen LogP contribution in [0.15, 0.2) is 41.5 Å². The SMILES string of the molecule is COc1ccc(C(=O)Nc2ccc(F)c(/N=C(/N)OC3COC[C@@H]3C)c2)nc1. The van der Waals surface area contributed by atoms with Crippen LogP contribution in [0.2, 0.25) is 0 Å². The van der Waals surface area contributed by atoms with Crippen molar-refractivity contribution in [1.29, 1.82) is 0 Å². The van der Waals surface area contributed by atoms with Crippen molar-refractivity contribution in [3.63, 3.8) is 0 Å². The van der Waals surface area contributed by atoms with E-state index in [1.807, 2.05) is 6.92 Å². The maximum absolute atomic E-state index is 14.1. The van der Waals surface area contributed by atoms with Crippen molar-refractivity contribution in [1.82, 2.24) is 4.98 Å². The average Bonchev–Trinajstić information content (AvgIpc) is 3.09. The Labute approximate surface area is 161 Å². The summed E-state index contributed by atoms with van der Waals surface area (Å²) < 4.78 is 29.9. The Balaban J connectivity index is 1.71. The molecule has 0 spiro atoms. The number of nitrogens with two attached hydrogens (primary N) is 1. The molecule has 28 heavy (non-hydrogen) atoms. The zero-order valence-electron chi connectivity index (χ0n) is 15.5. The standard InChI is InChI=1S/C19H21FN4O4/c1-11-9-27-10-17(11)28-19(21)24-16-7-12(3-5-14(16)20)23-18(25)15-6-4-13(26-2)8-22-15/h3-8,11,17H,9-10H2,1-2H3,(H2,21,24)(H,23,25)/t11-,17?/m0/s1. The summed E-state index contributed by atoms with van der Waals surface area (Å²) in [6, 6.07) is 6.94. The third kappa shape index (κ3) is 4.74. The predicted molar refractivity (Wildman–Crippen MR) is 101 cm³/mol. The second kappa shape index (κ2) is 8.66. The lowest BCUT2D eigenvalue weighted by Gasteiger charge is -2.15. The summed E-state index contributed by atoms with van der Waals surface area (Å²) in [5, 5.41) is 2.64. The number of ether oxygens (including phenoxy) is 3. The summed E-state index contributed by atoms with van der Waals surface area (Å²) in [5.74, 6) is -0.346. The van der Waals surface area contributed by atoms with Crippen molar-refractivity contribution in [3.8, 4) is 5.75 Å². The number of benzene rings is 1. The number of nitrogens with one attached hydrogen (secondary N) is 1. The molecule has 0 saturated carbocycles. The highest BCUT2D eigenvalue weighted by Gasteiger charge is 2.26. The molecule has 1 aliphatic rings. The number of pyridine rings is 1. The van der Waals surface area contributed by atoms with Crippen molar-refractivity contribution < 1.29 is 23.4 Å². The highest BCUT2D eigenvalue weighted by Crippen LogP contribution is 2.24. The zero-order chi connectivity index (χ0) is 20.1. The normalized spacial score (nSPS) is 19.3. The second-order valence-corrected chi connectivity index (χ2v) is 6.32. The zero-order valence-corrected chi connectivity index (χ0v) is 15.5. The van der Waals surface area contributed by atoms with E-state index in [1.165, 1.54) is 37.6 Å². The quantitative estimate of drug-likeness (QED) is 0.602. The Morgan fingerprint density at radius 2 is 2.18 bits per heavy atom. The van der Waals surface area contributed by atoms with Crippen molar-refractivity contribution in [2.75, 3.05) is 25.6 Å². The number of methoxy groups -OCH3 is 1. The third-order valence-corrected chi connectivity index (χ3v) is 4.21. The van der Waals surface area contributed by atoms with Crippen LogP contribution < -0.4 is 15.8 Å². The van der Waals surface area contributed by atoms with Crippen LogP contribution in [0.1, 0.15) is 17.4 Å². The number of aliphatic imine (C=N–C) groups is 1. The van der Waals surface area contributed by atoms with Crippen LogP contribution in [0.25, 0.3) is 0 Å². The van der Waals surface area contributed by atoms with Crippen LogP contribution in [0, 0.1) is 11.7 Å². The fourth-order valence-electron chi connectivity index (χ4n) is 2.60. The second-order valence-electron chi connectivity index (χ2n) is 6.32. The van der Waals surface area contributed by atoms with Gasteiger partial charge in [0, 0.05) is 11.6 Å². The monoisotopic (exact) mass is 388 g/mol. The van der Waals surface area contributed by atoms with Gasteiger partial charge in [-0.3, -0.25) is 4.79 Å². The molecular weight excluding hydrogens is 367 g/mol. The molecule has 2 atom stereocenters. The Bertz CT molecular complexity index is 873. The number of amides is 1. The molecule has 1 aromatic carbocycles. The smallest absolute Gasteiger partial charge is 0.287 e. The molecule has 1 fully saturated rings. The van der Waals surface area contributed by atoms with E-state index in [1.54, 1.807) is 6.07 Å². The molecule has 2 aromatic rings. The van der Waals surface area contributed by atoms with Crippen molar-refractivity contribution >= 4 is 23.3 Å². The van der Waals surface area contributed by atoms with Gasteiger partial charge in [0.15, 0.2) is 0 Å². The van der Waals surface area contributed by atoms with Crippen molar-refractivity contribution in [2.45, 2.75) is 13.0 Å². The lowest BCUT2D eigenvalue weighted by atomic mass is 10.1. The molecule has 1 unspecified atom stereocenters. The van der Waals surface area contributed by atoms with Crippen LogP contribution >= 0.6 is 0 Å². The molecule has 3 N–H and O–H groups in total. The van der Waals surface area contributed by atoms with Gasteiger partial charge >= 0.3 is 0 Å². The van der Waals surface area contributed by atoms with Crippen molar-refractivity contribution in [2.24, 2.45) is 16.6 Å². The minimum absolute atomic E-state index is 0.0513. The summed E-state index contributed by atoms with van der Waals surface area (Å²) in [6.07, 6.45) is 1.21. The molecule has 0 bridgehead atoms. The fourth-order valence-corrected chi connectivity index (χ4v) is 2.60. The van der Waals surface area contributed by atoms with E-state index in [4.69, 9.17) is 19.9 Å². The molecule has 8 nitrogen and oxygen atoms in total. The molecule has 1 aromatic heterocycles. The van der Waals surface area contributed by atoms with Crippen LogP contribution in [-0.2, 0) is 9.47 Å². The third-order valence-electron chi connectivity index (χ3n) is 4.21. The lowest BCUT2D eigenvalue weighted by molar-refractivity contribution is 0.102. The van der Waals surface area contributed by atoms with Crippen LogP contribution in [-0.4, -0.2) is 43.3 Å². The molecule has 9 heteroatoms. The minimum atomic E-state index is -0.595. The number of halogens is 1. The van der Waals surface area contributed by atoms with E-state index in [0.29, 0.717) is 24.7 Å². The van der Waals surface area contributed by atoms with E-state index in [9.17, 15) is 9.18 Å². The van der Waals surface area contributed by atoms with Gasteiger partial charge in [-0.1, -0.05) is 6.92 Å². The largest absolute Gasteiger partial charge is 0.495 e. The average molecular weight is 388 g/mol. The van der Waals surface area contributed by atoms with Gasteiger partial charge in [0.25, 0.3) is 11.9 Å². The first kappa shape index (κ1) is 19.6. The molecule has 3 rings (SSSR count).